The van der Waals surface area contributed by atoms with Gasteiger partial charge in [0, 0.05) is 6.04 Å². The Kier molecular flexibility index (Phi) is 4.25. The summed E-state index contributed by atoms with van der Waals surface area (Å²) < 4.78 is 1.30. The molecule has 0 radical (unpaired) electrons. The van der Waals surface area contributed by atoms with Gasteiger partial charge in [-0.2, -0.15) is 0 Å². The number of nitrogens with two attached hydrogens (primary N) is 1. The quantitative estimate of drug-likeness (QED) is 0.669. The van der Waals surface area contributed by atoms with Crippen molar-refractivity contribution in [1.29, 1.82) is 0 Å². The molecule has 1 unspecified atom stereocenters. The van der Waals surface area contributed by atoms with E-state index < -0.39 is 0 Å². The fourth-order valence-corrected chi connectivity index (χ4v) is 2.42. The summed E-state index contributed by atoms with van der Waals surface area (Å²) in [7, 11) is 0. The number of hydrogen-bond acceptors (Lipinski definition) is 2. The minimum Gasteiger partial charge on any atom is -0.324 e. The van der Waals surface area contributed by atoms with Crippen LogP contribution >= 0.6 is 33.9 Å². The second-order valence-electron chi connectivity index (χ2n) is 2.66. The van der Waals surface area contributed by atoms with Crippen molar-refractivity contribution in [2.24, 2.45) is 5.73 Å². The lowest BCUT2D eigenvalue weighted by Crippen LogP contribution is -2.08. The number of allylic oxidation sites excluding steroid dienone is 1. The fraction of sp³-hybridized carbons (Fsp3) is 0.333. The molecule has 1 aromatic heterocycles. The van der Waals surface area contributed by atoms with E-state index in [1.807, 2.05) is 6.08 Å². The van der Waals surface area contributed by atoms with Crippen molar-refractivity contribution in [1.82, 2.24) is 0 Å². The Balaban J connectivity index is 2.52. The van der Waals surface area contributed by atoms with E-state index in [1.54, 1.807) is 11.3 Å². The molecule has 0 fully saturated rings. The van der Waals surface area contributed by atoms with Crippen LogP contribution in [0.25, 0.3) is 0 Å². The van der Waals surface area contributed by atoms with Crippen molar-refractivity contribution in [3.8, 4) is 0 Å². The third kappa shape index (κ3) is 2.88. The molecular weight excluding hydrogens is 281 g/mol. The van der Waals surface area contributed by atoms with Crippen molar-refractivity contribution in [3.63, 3.8) is 0 Å². The molecule has 12 heavy (non-hydrogen) atoms. The standard InChI is InChI=1S/C9H12INS/c1-2-3-4-8(11)7-5-9(10)12-6-7/h2,5-6,8H,1,3-4,11H2. The summed E-state index contributed by atoms with van der Waals surface area (Å²) in [4.78, 5) is 0. The predicted octanol–water partition coefficient (Wildman–Crippen LogP) is 3.32. The van der Waals surface area contributed by atoms with Crippen molar-refractivity contribution < 1.29 is 0 Å². The van der Waals surface area contributed by atoms with Gasteiger partial charge in [0.15, 0.2) is 0 Å². The maximum atomic E-state index is 5.95. The van der Waals surface area contributed by atoms with Gasteiger partial charge in [-0.1, -0.05) is 6.08 Å². The van der Waals surface area contributed by atoms with Crippen molar-refractivity contribution in [3.05, 3.63) is 32.5 Å². The minimum atomic E-state index is 0.183. The predicted molar refractivity (Wildman–Crippen MR) is 63.4 cm³/mol. The molecule has 0 amide bonds. The van der Waals surface area contributed by atoms with Gasteiger partial charge in [0.2, 0.25) is 0 Å². The van der Waals surface area contributed by atoms with Crippen LogP contribution in [-0.2, 0) is 0 Å². The molecule has 2 N–H and O–H groups in total. The molecule has 1 atom stereocenters. The molecule has 1 rings (SSSR count). The topological polar surface area (TPSA) is 26.0 Å². The lowest BCUT2D eigenvalue weighted by atomic mass is 10.1. The number of rotatable bonds is 4. The van der Waals surface area contributed by atoms with E-state index in [-0.39, 0.29) is 6.04 Å². The summed E-state index contributed by atoms with van der Waals surface area (Å²) in [6, 6.07) is 2.33. The SMILES string of the molecule is C=CCCC(N)c1csc(I)c1. The zero-order chi connectivity index (χ0) is 8.97. The van der Waals surface area contributed by atoms with Crippen molar-refractivity contribution in [2.45, 2.75) is 18.9 Å². The first-order valence-corrected chi connectivity index (χ1v) is 5.80. The van der Waals surface area contributed by atoms with Crippen LogP contribution in [0.1, 0.15) is 24.4 Å². The van der Waals surface area contributed by atoms with Crippen LogP contribution in [0.3, 0.4) is 0 Å². The van der Waals surface area contributed by atoms with E-state index >= 15 is 0 Å². The zero-order valence-corrected chi connectivity index (χ0v) is 9.77. The molecule has 0 aliphatic rings. The highest BCUT2D eigenvalue weighted by Crippen LogP contribution is 2.23. The molecule has 1 aromatic rings. The van der Waals surface area contributed by atoms with Crippen LogP contribution < -0.4 is 5.73 Å². The third-order valence-electron chi connectivity index (χ3n) is 1.70. The van der Waals surface area contributed by atoms with Gasteiger partial charge in [-0.3, -0.25) is 0 Å². The highest BCUT2D eigenvalue weighted by molar-refractivity contribution is 14.1. The number of halogens is 1. The van der Waals surface area contributed by atoms with Crippen LogP contribution in [0.4, 0.5) is 0 Å². The van der Waals surface area contributed by atoms with Crippen LogP contribution in [0.15, 0.2) is 24.1 Å². The van der Waals surface area contributed by atoms with E-state index in [4.69, 9.17) is 5.73 Å². The summed E-state index contributed by atoms with van der Waals surface area (Å²) in [5.74, 6) is 0. The molecule has 1 heterocycles. The summed E-state index contributed by atoms with van der Waals surface area (Å²) in [5.41, 5.74) is 7.21. The molecule has 1 nitrogen and oxygen atoms in total. The first-order chi connectivity index (χ1) is 5.74. The molecule has 0 saturated carbocycles. The second-order valence-corrected chi connectivity index (χ2v) is 5.46. The first-order valence-electron chi connectivity index (χ1n) is 3.84. The third-order valence-corrected chi connectivity index (χ3v) is 3.50. The van der Waals surface area contributed by atoms with Gasteiger partial charge in [-0.15, -0.1) is 17.9 Å². The first kappa shape index (κ1) is 10.2. The summed E-state index contributed by atoms with van der Waals surface area (Å²) in [6.45, 7) is 3.68. The Morgan fingerprint density at radius 1 is 1.75 bits per heavy atom. The maximum absolute atomic E-state index is 5.95. The fourth-order valence-electron chi connectivity index (χ4n) is 0.982. The largest absolute Gasteiger partial charge is 0.324 e. The lowest BCUT2D eigenvalue weighted by Gasteiger charge is -2.06. The van der Waals surface area contributed by atoms with E-state index in [0.29, 0.717) is 0 Å². The van der Waals surface area contributed by atoms with E-state index in [2.05, 4.69) is 40.6 Å². The Bertz CT molecular complexity index is 257. The van der Waals surface area contributed by atoms with E-state index in [0.717, 1.165) is 12.8 Å². The van der Waals surface area contributed by atoms with Crippen LogP contribution in [-0.4, -0.2) is 0 Å². The van der Waals surface area contributed by atoms with Gasteiger partial charge in [-0.25, -0.2) is 0 Å². The van der Waals surface area contributed by atoms with Crippen molar-refractivity contribution >= 4 is 33.9 Å². The normalized spacial score (nSPS) is 12.8. The monoisotopic (exact) mass is 293 g/mol. The molecule has 0 aliphatic carbocycles. The van der Waals surface area contributed by atoms with Gasteiger partial charge in [0.05, 0.1) is 2.88 Å². The van der Waals surface area contributed by atoms with Gasteiger partial charge in [0.25, 0.3) is 0 Å². The lowest BCUT2D eigenvalue weighted by molar-refractivity contribution is 0.663. The van der Waals surface area contributed by atoms with Gasteiger partial charge in [-0.05, 0) is 52.4 Å². The second kappa shape index (κ2) is 4.99. The number of thiophene rings is 1. The molecule has 0 bridgehead atoms. The highest BCUT2D eigenvalue weighted by Gasteiger charge is 2.06. The molecule has 0 aliphatic heterocycles. The Hall–Kier alpha value is 0.130. The maximum Gasteiger partial charge on any atom is 0.0656 e. The molecule has 0 aromatic carbocycles. The van der Waals surface area contributed by atoms with Gasteiger partial charge < -0.3 is 5.73 Å². The van der Waals surface area contributed by atoms with E-state index in [9.17, 15) is 0 Å². The van der Waals surface area contributed by atoms with Gasteiger partial charge >= 0.3 is 0 Å². The van der Waals surface area contributed by atoms with E-state index in [1.165, 1.54) is 8.45 Å². The Labute approximate surface area is 90.8 Å². The Morgan fingerprint density at radius 2 is 2.50 bits per heavy atom. The Morgan fingerprint density at radius 3 is 3.00 bits per heavy atom. The van der Waals surface area contributed by atoms with Crippen LogP contribution in [0.5, 0.6) is 0 Å². The molecular formula is C9H12INS. The molecule has 0 saturated heterocycles. The average Bonchev–Trinajstić information content (AvgIpc) is 2.47. The smallest absolute Gasteiger partial charge is 0.0656 e. The molecule has 3 heteroatoms. The van der Waals surface area contributed by atoms with Crippen molar-refractivity contribution in [2.75, 3.05) is 0 Å². The number of hydrogen-bond donors (Lipinski definition) is 1. The molecule has 0 spiro atoms. The minimum absolute atomic E-state index is 0.183. The zero-order valence-electron chi connectivity index (χ0n) is 6.79. The highest BCUT2D eigenvalue weighted by atomic mass is 127. The summed E-state index contributed by atoms with van der Waals surface area (Å²) in [5, 5.41) is 2.13. The summed E-state index contributed by atoms with van der Waals surface area (Å²) in [6.07, 6.45) is 3.90. The summed E-state index contributed by atoms with van der Waals surface area (Å²) >= 11 is 4.06. The molecule has 66 valence electrons. The average molecular weight is 293 g/mol. The van der Waals surface area contributed by atoms with Crippen LogP contribution in [0.2, 0.25) is 0 Å². The van der Waals surface area contributed by atoms with Gasteiger partial charge in [0.1, 0.15) is 0 Å². The van der Waals surface area contributed by atoms with Crippen LogP contribution in [0, 0.1) is 2.88 Å².